The number of aliphatic imine (C=N–C) groups is 1. The van der Waals surface area contributed by atoms with E-state index in [4.69, 9.17) is 5.41 Å². The van der Waals surface area contributed by atoms with Crippen LogP contribution in [-0.4, -0.2) is 39.0 Å². The van der Waals surface area contributed by atoms with Crippen LogP contribution in [0.5, 0.6) is 0 Å². The predicted octanol–water partition coefficient (Wildman–Crippen LogP) is 3.75. The Hall–Kier alpha value is -4.54. The van der Waals surface area contributed by atoms with Gasteiger partial charge in [0.15, 0.2) is 0 Å². The van der Waals surface area contributed by atoms with Crippen molar-refractivity contribution in [2.24, 2.45) is 4.99 Å². The van der Waals surface area contributed by atoms with Gasteiger partial charge >= 0.3 is 0 Å². The molecule has 0 unspecified atom stereocenters. The number of halogens is 3. The van der Waals surface area contributed by atoms with Crippen molar-refractivity contribution >= 4 is 17.5 Å². The molecule has 1 aliphatic rings. The molecule has 0 saturated heterocycles. The zero-order valence-corrected chi connectivity index (χ0v) is 19.3. The largest absolute Gasteiger partial charge is 0.327 e. The molecule has 2 aromatic heterocycles. The number of amides is 1. The summed E-state index contributed by atoms with van der Waals surface area (Å²) in [7, 11) is 1.50. The van der Waals surface area contributed by atoms with Gasteiger partial charge in [0.2, 0.25) is 11.9 Å². The number of hydrogen-bond acceptors (Lipinski definition) is 5. The lowest BCUT2D eigenvalue weighted by molar-refractivity contribution is 0.0963. The molecule has 3 heterocycles. The van der Waals surface area contributed by atoms with E-state index in [2.05, 4.69) is 32.2 Å². The molecule has 0 saturated carbocycles. The monoisotopic (exact) mass is 493 g/mol. The summed E-state index contributed by atoms with van der Waals surface area (Å²) in [5.74, 6) is -2.26. The van der Waals surface area contributed by atoms with Crippen LogP contribution in [0.25, 0.3) is 11.3 Å². The van der Waals surface area contributed by atoms with Gasteiger partial charge in [-0.1, -0.05) is 6.58 Å². The molecule has 1 aliphatic heterocycles. The minimum Gasteiger partial charge on any atom is -0.327 e. The van der Waals surface area contributed by atoms with E-state index in [-0.39, 0.29) is 28.7 Å². The van der Waals surface area contributed by atoms with Crippen molar-refractivity contribution < 1.29 is 18.0 Å². The average Bonchev–Trinajstić information content (AvgIpc) is 3.43. The first kappa shape index (κ1) is 24.6. The maximum absolute atomic E-state index is 13.4. The number of aromatic nitrogens is 3. The van der Waals surface area contributed by atoms with E-state index in [1.165, 1.54) is 31.3 Å². The van der Waals surface area contributed by atoms with Crippen LogP contribution in [-0.2, 0) is 13.0 Å². The summed E-state index contributed by atoms with van der Waals surface area (Å²) in [6.07, 6.45) is 4.76. The molecular weight excluding hydrogens is 471 g/mol. The molecular formula is C25H22F3N7O. The Morgan fingerprint density at radius 1 is 1.11 bits per heavy atom. The molecule has 11 heteroatoms. The first-order chi connectivity index (χ1) is 17.2. The normalized spacial score (nSPS) is 13.1. The van der Waals surface area contributed by atoms with Crippen molar-refractivity contribution in [2.75, 3.05) is 7.05 Å². The van der Waals surface area contributed by atoms with Crippen LogP contribution in [0.3, 0.4) is 0 Å². The van der Waals surface area contributed by atoms with Crippen LogP contribution in [0.15, 0.2) is 65.9 Å². The van der Waals surface area contributed by atoms with Crippen molar-refractivity contribution in [3.05, 3.63) is 95.7 Å². The van der Waals surface area contributed by atoms with Gasteiger partial charge in [0.25, 0.3) is 5.91 Å². The quantitative estimate of drug-likeness (QED) is 0.265. The Balaban J connectivity index is 1.48. The van der Waals surface area contributed by atoms with Crippen LogP contribution in [0.2, 0.25) is 0 Å². The van der Waals surface area contributed by atoms with Crippen molar-refractivity contribution in [1.29, 1.82) is 5.41 Å². The Labute approximate surface area is 204 Å². The summed E-state index contributed by atoms with van der Waals surface area (Å²) in [5, 5.41) is 13.8. The van der Waals surface area contributed by atoms with Crippen molar-refractivity contribution in [3.8, 4) is 11.3 Å². The second-order valence-corrected chi connectivity index (χ2v) is 7.90. The van der Waals surface area contributed by atoms with Gasteiger partial charge in [-0.25, -0.2) is 9.37 Å². The summed E-state index contributed by atoms with van der Waals surface area (Å²) < 4.78 is 42.0. The third kappa shape index (κ3) is 5.40. The average molecular weight is 493 g/mol. The van der Waals surface area contributed by atoms with Gasteiger partial charge in [-0.3, -0.25) is 15.2 Å². The molecule has 0 radical (unpaired) electrons. The summed E-state index contributed by atoms with van der Waals surface area (Å²) in [4.78, 5) is 24.0. The van der Waals surface area contributed by atoms with Gasteiger partial charge in [0.1, 0.15) is 23.3 Å². The fourth-order valence-corrected chi connectivity index (χ4v) is 3.81. The molecule has 1 aromatic carbocycles. The van der Waals surface area contributed by atoms with Crippen molar-refractivity contribution in [1.82, 2.24) is 25.2 Å². The van der Waals surface area contributed by atoms with E-state index < -0.39 is 17.8 Å². The predicted molar refractivity (Wildman–Crippen MR) is 129 cm³/mol. The summed E-state index contributed by atoms with van der Waals surface area (Å²) in [6, 6.07) is 7.55. The maximum Gasteiger partial charge on any atom is 0.257 e. The number of nitrogens with zero attached hydrogens (tertiary/aromatic N) is 4. The van der Waals surface area contributed by atoms with Crippen molar-refractivity contribution in [2.45, 2.75) is 19.4 Å². The standard InChI is InChI=1S/C25H22F3N7O/c1-14(32-25(36)16-12-19(27)33-20(28)13-16)31-21(30-2)10-9-18(29)24-23(15-5-7-17(26)8-6-15)34-22-4-3-11-35(22)24/h5-10,12-13,29H,1,3-4,11H2,2H3,(H,30,31)(H,32,36)/b10-9-,29-18?. The number of imidazole rings is 1. The number of nitrogens with one attached hydrogen (secondary N) is 3. The molecule has 0 fully saturated rings. The summed E-state index contributed by atoms with van der Waals surface area (Å²) in [5.41, 5.74) is 1.80. The zero-order chi connectivity index (χ0) is 25.8. The minimum absolute atomic E-state index is 0.00616. The number of aryl methyl sites for hydroxylation is 1. The Morgan fingerprint density at radius 3 is 2.47 bits per heavy atom. The van der Waals surface area contributed by atoms with E-state index in [0.717, 1.165) is 37.3 Å². The molecule has 1 amide bonds. The van der Waals surface area contributed by atoms with Crippen LogP contribution in [0.1, 0.15) is 28.3 Å². The maximum atomic E-state index is 13.4. The highest BCUT2D eigenvalue weighted by Gasteiger charge is 2.24. The van der Waals surface area contributed by atoms with Crippen LogP contribution < -0.4 is 10.6 Å². The SMILES string of the molecule is C=C(NC(=O)c1cc(F)nc(F)c1)NC(/C=C\C(=N)c1c(-c2ccc(F)cc2)nc2n1CCC2)=NC. The minimum atomic E-state index is -1.12. The molecule has 0 spiro atoms. The fourth-order valence-electron chi connectivity index (χ4n) is 3.81. The summed E-state index contributed by atoms with van der Waals surface area (Å²) >= 11 is 0. The molecule has 0 atom stereocenters. The van der Waals surface area contributed by atoms with Gasteiger partial charge < -0.3 is 15.2 Å². The third-order valence-electron chi connectivity index (χ3n) is 5.42. The number of pyridine rings is 1. The van der Waals surface area contributed by atoms with Gasteiger partial charge in [-0.2, -0.15) is 13.8 Å². The number of amidine groups is 1. The lowest BCUT2D eigenvalue weighted by Crippen LogP contribution is -2.34. The number of carbonyl (C=O) groups excluding carboxylic acids is 1. The number of hydrogen-bond donors (Lipinski definition) is 3. The highest BCUT2D eigenvalue weighted by atomic mass is 19.1. The molecule has 4 rings (SSSR count). The van der Waals surface area contributed by atoms with Gasteiger partial charge in [0, 0.05) is 43.3 Å². The van der Waals surface area contributed by atoms with Gasteiger partial charge in [-0.05, 0) is 42.8 Å². The number of fused-ring (bicyclic) bond motifs is 1. The van der Waals surface area contributed by atoms with E-state index >= 15 is 0 Å². The lowest BCUT2D eigenvalue weighted by atomic mass is 10.1. The number of allylic oxidation sites excluding steroid dienone is 1. The van der Waals surface area contributed by atoms with Crippen LogP contribution in [0, 0.1) is 23.1 Å². The fraction of sp³-hybridized carbons (Fsp3) is 0.160. The Bertz CT molecular complexity index is 1390. The van der Waals surface area contributed by atoms with E-state index in [0.29, 0.717) is 17.0 Å². The van der Waals surface area contributed by atoms with E-state index in [1.54, 1.807) is 12.1 Å². The third-order valence-corrected chi connectivity index (χ3v) is 5.42. The first-order valence-corrected chi connectivity index (χ1v) is 10.9. The second-order valence-electron chi connectivity index (χ2n) is 7.90. The van der Waals surface area contributed by atoms with E-state index in [9.17, 15) is 18.0 Å². The number of carbonyl (C=O) groups is 1. The number of benzene rings is 1. The Kier molecular flexibility index (Phi) is 7.09. The molecule has 36 heavy (non-hydrogen) atoms. The molecule has 0 bridgehead atoms. The smallest absolute Gasteiger partial charge is 0.257 e. The zero-order valence-electron chi connectivity index (χ0n) is 19.3. The molecule has 3 N–H and O–H groups in total. The van der Waals surface area contributed by atoms with E-state index in [1.807, 2.05) is 4.57 Å². The molecule has 0 aliphatic carbocycles. The highest BCUT2D eigenvalue weighted by Crippen LogP contribution is 2.29. The number of rotatable bonds is 7. The summed E-state index contributed by atoms with van der Waals surface area (Å²) in [6.45, 7) is 4.40. The van der Waals surface area contributed by atoms with Crippen molar-refractivity contribution in [3.63, 3.8) is 0 Å². The Morgan fingerprint density at radius 2 is 1.81 bits per heavy atom. The molecule has 3 aromatic rings. The molecule has 184 valence electrons. The highest BCUT2D eigenvalue weighted by molar-refractivity contribution is 6.12. The second kappa shape index (κ2) is 10.4. The van der Waals surface area contributed by atoms with Crippen LogP contribution >= 0.6 is 0 Å². The lowest BCUT2D eigenvalue weighted by Gasteiger charge is -2.11. The first-order valence-electron chi connectivity index (χ1n) is 10.9. The van der Waals surface area contributed by atoms with Gasteiger partial charge in [0.05, 0.1) is 17.1 Å². The van der Waals surface area contributed by atoms with Gasteiger partial charge in [-0.15, -0.1) is 0 Å². The van der Waals surface area contributed by atoms with Crippen LogP contribution in [0.4, 0.5) is 13.2 Å². The molecule has 8 nitrogen and oxygen atoms in total. The topological polar surface area (TPSA) is 108 Å².